The van der Waals surface area contributed by atoms with Crippen molar-refractivity contribution in [2.75, 3.05) is 5.32 Å². The Hall–Kier alpha value is -2.36. The van der Waals surface area contributed by atoms with Crippen LogP contribution in [0.3, 0.4) is 0 Å². The number of hydrogen-bond acceptors (Lipinski definition) is 3. The Morgan fingerprint density at radius 2 is 1.94 bits per heavy atom. The number of nitrogens with one attached hydrogen (secondary N) is 2. The third-order valence-electron chi connectivity index (χ3n) is 2.55. The van der Waals surface area contributed by atoms with Gasteiger partial charge in [0.2, 0.25) is 5.95 Å². The van der Waals surface area contributed by atoms with Crippen LogP contribution in [-0.4, -0.2) is 15.0 Å². The standard InChI is InChI=1S/C13H12N4/c1-2-7-12-11(6-1)16-13(17-12)15-9-10-5-3-4-8-14-10/h1-8H,9H2,(H2,15,16,17). The smallest absolute Gasteiger partial charge is 0.201 e. The number of pyridine rings is 1. The van der Waals surface area contributed by atoms with Crippen LogP contribution in [0.4, 0.5) is 5.95 Å². The molecule has 3 rings (SSSR count). The zero-order valence-electron chi connectivity index (χ0n) is 9.22. The van der Waals surface area contributed by atoms with Crippen molar-refractivity contribution in [2.24, 2.45) is 0 Å². The first-order valence-corrected chi connectivity index (χ1v) is 5.50. The second-order valence-corrected chi connectivity index (χ2v) is 3.78. The van der Waals surface area contributed by atoms with Gasteiger partial charge in [0.1, 0.15) is 0 Å². The summed E-state index contributed by atoms with van der Waals surface area (Å²) in [6, 6.07) is 13.8. The van der Waals surface area contributed by atoms with Gasteiger partial charge in [-0.15, -0.1) is 0 Å². The van der Waals surface area contributed by atoms with Crippen molar-refractivity contribution in [2.45, 2.75) is 6.54 Å². The Labute approximate surface area is 98.7 Å². The van der Waals surface area contributed by atoms with Gasteiger partial charge in [-0.25, -0.2) is 4.98 Å². The molecule has 1 aromatic carbocycles. The summed E-state index contributed by atoms with van der Waals surface area (Å²) in [5, 5.41) is 3.22. The minimum absolute atomic E-state index is 0.667. The average molecular weight is 224 g/mol. The zero-order valence-corrected chi connectivity index (χ0v) is 9.22. The highest BCUT2D eigenvalue weighted by atomic mass is 15.1. The van der Waals surface area contributed by atoms with Crippen molar-refractivity contribution < 1.29 is 0 Å². The van der Waals surface area contributed by atoms with Crippen LogP contribution in [0.1, 0.15) is 5.69 Å². The lowest BCUT2D eigenvalue weighted by molar-refractivity contribution is 1.02. The highest BCUT2D eigenvalue weighted by Gasteiger charge is 2.01. The summed E-state index contributed by atoms with van der Waals surface area (Å²) >= 11 is 0. The number of benzene rings is 1. The summed E-state index contributed by atoms with van der Waals surface area (Å²) in [7, 11) is 0. The number of para-hydroxylation sites is 2. The van der Waals surface area contributed by atoms with Gasteiger partial charge in [0.05, 0.1) is 23.3 Å². The fourth-order valence-corrected chi connectivity index (χ4v) is 1.71. The fraction of sp³-hybridized carbons (Fsp3) is 0.0769. The lowest BCUT2D eigenvalue weighted by Crippen LogP contribution is -2.02. The molecule has 0 radical (unpaired) electrons. The van der Waals surface area contributed by atoms with E-state index in [1.165, 1.54) is 0 Å². The number of aromatic nitrogens is 3. The number of nitrogens with zero attached hydrogens (tertiary/aromatic N) is 2. The first kappa shape index (κ1) is 9.84. The van der Waals surface area contributed by atoms with Gasteiger partial charge in [-0.2, -0.15) is 0 Å². The molecule has 17 heavy (non-hydrogen) atoms. The van der Waals surface area contributed by atoms with Crippen LogP contribution < -0.4 is 5.32 Å². The van der Waals surface area contributed by atoms with Crippen LogP contribution >= 0.6 is 0 Å². The molecule has 0 fully saturated rings. The van der Waals surface area contributed by atoms with Crippen LogP contribution in [0.2, 0.25) is 0 Å². The predicted octanol–water partition coefficient (Wildman–Crippen LogP) is 2.57. The molecule has 0 unspecified atom stereocenters. The van der Waals surface area contributed by atoms with E-state index >= 15 is 0 Å². The predicted molar refractivity (Wildman–Crippen MR) is 67.7 cm³/mol. The van der Waals surface area contributed by atoms with Gasteiger partial charge in [0, 0.05) is 6.20 Å². The molecule has 0 spiro atoms. The Morgan fingerprint density at radius 1 is 1.06 bits per heavy atom. The first-order chi connectivity index (χ1) is 8.42. The molecule has 0 aliphatic heterocycles. The van der Waals surface area contributed by atoms with E-state index in [2.05, 4.69) is 20.3 Å². The molecule has 2 N–H and O–H groups in total. The minimum atomic E-state index is 0.667. The summed E-state index contributed by atoms with van der Waals surface area (Å²) < 4.78 is 0. The average Bonchev–Trinajstić information content (AvgIpc) is 2.80. The summed E-state index contributed by atoms with van der Waals surface area (Å²) in [6.45, 7) is 0.667. The highest BCUT2D eigenvalue weighted by Crippen LogP contribution is 2.13. The topological polar surface area (TPSA) is 53.6 Å². The maximum atomic E-state index is 4.43. The third-order valence-corrected chi connectivity index (χ3v) is 2.55. The monoisotopic (exact) mass is 224 g/mol. The number of aromatic amines is 1. The van der Waals surface area contributed by atoms with E-state index in [1.54, 1.807) is 6.20 Å². The molecule has 2 heterocycles. The molecule has 4 nitrogen and oxygen atoms in total. The number of hydrogen-bond donors (Lipinski definition) is 2. The van der Waals surface area contributed by atoms with E-state index in [0.29, 0.717) is 6.54 Å². The van der Waals surface area contributed by atoms with Gasteiger partial charge in [-0.1, -0.05) is 18.2 Å². The van der Waals surface area contributed by atoms with Crippen LogP contribution in [0.5, 0.6) is 0 Å². The second kappa shape index (κ2) is 4.25. The van der Waals surface area contributed by atoms with Gasteiger partial charge in [0.15, 0.2) is 0 Å². The minimum Gasteiger partial charge on any atom is -0.350 e. The second-order valence-electron chi connectivity index (χ2n) is 3.78. The molecular formula is C13H12N4. The van der Waals surface area contributed by atoms with Gasteiger partial charge >= 0.3 is 0 Å². The van der Waals surface area contributed by atoms with Crippen LogP contribution in [0.25, 0.3) is 11.0 Å². The van der Waals surface area contributed by atoms with Crippen molar-refractivity contribution in [1.82, 2.24) is 15.0 Å². The maximum Gasteiger partial charge on any atom is 0.201 e. The summed E-state index contributed by atoms with van der Waals surface area (Å²) in [4.78, 5) is 11.9. The van der Waals surface area contributed by atoms with Crippen molar-refractivity contribution in [3.8, 4) is 0 Å². The van der Waals surface area contributed by atoms with Crippen LogP contribution in [0.15, 0.2) is 48.7 Å². The van der Waals surface area contributed by atoms with Gasteiger partial charge < -0.3 is 10.3 Å². The van der Waals surface area contributed by atoms with E-state index in [-0.39, 0.29) is 0 Å². The number of rotatable bonds is 3. The van der Waals surface area contributed by atoms with E-state index in [1.807, 2.05) is 42.5 Å². The van der Waals surface area contributed by atoms with Crippen molar-refractivity contribution in [3.05, 3.63) is 54.4 Å². The fourth-order valence-electron chi connectivity index (χ4n) is 1.71. The highest BCUT2D eigenvalue weighted by molar-refractivity contribution is 5.77. The molecule has 3 aromatic rings. The molecular weight excluding hydrogens is 212 g/mol. The van der Waals surface area contributed by atoms with Gasteiger partial charge in [-0.3, -0.25) is 4.98 Å². The van der Waals surface area contributed by atoms with E-state index in [4.69, 9.17) is 0 Å². The maximum absolute atomic E-state index is 4.43. The molecule has 0 saturated heterocycles. The van der Waals surface area contributed by atoms with E-state index in [0.717, 1.165) is 22.7 Å². The molecule has 0 aliphatic rings. The molecule has 4 heteroatoms. The number of imidazole rings is 1. The van der Waals surface area contributed by atoms with Crippen LogP contribution in [-0.2, 0) is 6.54 Å². The normalized spacial score (nSPS) is 10.6. The SMILES string of the molecule is c1ccc(CNc2nc3ccccc3[nH]2)nc1. The quantitative estimate of drug-likeness (QED) is 0.719. The Morgan fingerprint density at radius 3 is 2.76 bits per heavy atom. The number of fused-ring (bicyclic) bond motifs is 1. The lowest BCUT2D eigenvalue weighted by Gasteiger charge is -2.00. The Kier molecular flexibility index (Phi) is 2.46. The molecule has 0 saturated carbocycles. The van der Waals surface area contributed by atoms with Crippen molar-refractivity contribution >= 4 is 17.0 Å². The molecule has 84 valence electrons. The van der Waals surface area contributed by atoms with Crippen LogP contribution in [0, 0.1) is 0 Å². The molecule has 0 atom stereocenters. The Bertz CT molecular complexity index is 582. The first-order valence-electron chi connectivity index (χ1n) is 5.50. The number of H-pyrrole nitrogens is 1. The van der Waals surface area contributed by atoms with Gasteiger partial charge in [-0.05, 0) is 24.3 Å². The third kappa shape index (κ3) is 2.10. The summed E-state index contributed by atoms with van der Waals surface area (Å²) in [6.07, 6.45) is 1.79. The van der Waals surface area contributed by atoms with E-state index < -0.39 is 0 Å². The zero-order chi connectivity index (χ0) is 11.5. The molecule has 0 amide bonds. The van der Waals surface area contributed by atoms with Crippen molar-refractivity contribution in [3.63, 3.8) is 0 Å². The molecule has 2 aromatic heterocycles. The Balaban J connectivity index is 1.77. The van der Waals surface area contributed by atoms with E-state index in [9.17, 15) is 0 Å². The summed E-state index contributed by atoms with van der Waals surface area (Å²) in [5.41, 5.74) is 3.00. The molecule has 0 aliphatic carbocycles. The van der Waals surface area contributed by atoms with Crippen molar-refractivity contribution in [1.29, 1.82) is 0 Å². The summed E-state index contributed by atoms with van der Waals surface area (Å²) in [5.74, 6) is 0.775. The lowest BCUT2D eigenvalue weighted by atomic mass is 10.3. The van der Waals surface area contributed by atoms with Gasteiger partial charge in [0.25, 0.3) is 0 Å². The largest absolute Gasteiger partial charge is 0.350 e. The number of anilines is 1. The molecule has 0 bridgehead atoms.